The van der Waals surface area contributed by atoms with Crippen molar-refractivity contribution < 1.29 is 19.4 Å². The van der Waals surface area contributed by atoms with Gasteiger partial charge in [-0.1, -0.05) is 30.3 Å². The molecule has 0 aromatic heterocycles. The monoisotopic (exact) mass is 268 g/mol. The van der Waals surface area contributed by atoms with Gasteiger partial charge >= 0.3 is 11.9 Å². The number of thioether (sulfide) groups is 1. The van der Waals surface area contributed by atoms with Crippen LogP contribution in [0.25, 0.3) is 0 Å². The first-order chi connectivity index (χ1) is 8.68. The number of aliphatic carboxylic acids is 1. The Morgan fingerprint density at radius 2 is 1.89 bits per heavy atom. The van der Waals surface area contributed by atoms with Crippen molar-refractivity contribution in [2.24, 2.45) is 0 Å². The highest BCUT2D eigenvalue weighted by Gasteiger charge is 2.04. The molecule has 1 aromatic carbocycles. The number of benzene rings is 1. The molecule has 1 N–H and O–H groups in total. The summed E-state index contributed by atoms with van der Waals surface area (Å²) in [4.78, 5) is 21.4. The molecule has 0 radical (unpaired) electrons. The molecule has 0 aliphatic heterocycles. The molecule has 18 heavy (non-hydrogen) atoms. The zero-order valence-corrected chi connectivity index (χ0v) is 10.8. The van der Waals surface area contributed by atoms with Gasteiger partial charge in [0.2, 0.25) is 0 Å². The van der Waals surface area contributed by atoms with E-state index in [2.05, 4.69) is 0 Å². The highest BCUT2D eigenvalue weighted by atomic mass is 32.2. The molecule has 0 saturated carbocycles. The molecule has 0 amide bonds. The number of carbonyl (C=O) groups excluding carboxylic acids is 1. The average molecular weight is 268 g/mol. The Hall–Kier alpha value is -1.49. The van der Waals surface area contributed by atoms with E-state index in [1.165, 1.54) is 17.3 Å². The van der Waals surface area contributed by atoms with Gasteiger partial charge in [0.1, 0.15) is 5.94 Å². The SMILES string of the molecule is O=C(O)CCCC(=O)OCSCc1ccccc1. The molecule has 98 valence electrons. The summed E-state index contributed by atoms with van der Waals surface area (Å²) >= 11 is 1.52. The van der Waals surface area contributed by atoms with Gasteiger partial charge in [-0.15, -0.1) is 11.8 Å². The quantitative estimate of drug-likeness (QED) is 0.446. The molecular weight excluding hydrogens is 252 g/mol. The van der Waals surface area contributed by atoms with Crippen LogP contribution in [0.4, 0.5) is 0 Å². The number of rotatable bonds is 8. The Balaban J connectivity index is 2.04. The second-order valence-corrected chi connectivity index (χ2v) is 4.65. The summed E-state index contributed by atoms with van der Waals surface area (Å²) in [5.41, 5.74) is 1.18. The lowest BCUT2D eigenvalue weighted by Gasteiger charge is -2.04. The molecule has 0 spiro atoms. The van der Waals surface area contributed by atoms with Crippen molar-refractivity contribution in [1.82, 2.24) is 0 Å². The van der Waals surface area contributed by atoms with E-state index < -0.39 is 5.97 Å². The third-order valence-corrected chi connectivity index (χ3v) is 3.01. The minimum Gasteiger partial charge on any atom is -0.481 e. The van der Waals surface area contributed by atoms with Gasteiger partial charge in [-0.3, -0.25) is 9.59 Å². The molecule has 0 heterocycles. The van der Waals surface area contributed by atoms with Crippen molar-refractivity contribution in [3.63, 3.8) is 0 Å². The summed E-state index contributed by atoms with van der Waals surface area (Å²) in [6, 6.07) is 9.92. The van der Waals surface area contributed by atoms with E-state index in [0.29, 0.717) is 12.4 Å². The topological polar surface area (TPSA) is 63.6 Å². The minimum atomic E-state index is -0.888. The molecule has 0 aliphatic carbocycles. The van der Waals surface area contributed by atoms with Gasteiger partial charge in [0, 0.05) is 18.6 Å². The Morgan fingerprint density at radius 3 is 2.56 bits per heavy atom. The third-order valence-electron chi connectivity index (χ3n) is 2.19. The number of esters is 1. The van der Waals surface area contributed by atoms with Crippen molar-refractivity contribution in [2.45, 2.75) is 25.0 Å². The summed E-state index contributed by atoms with van der Waals surface area (Å²) in [6.07, 6.45) is 0.502. The highest BCUT2D eigenvalue weighted by Crippen LogP contribution is 2.12. The Labute approximate surface area is 110 Å². The van der Waals surface area contributed by atoms with Gasteiger partial charge in [0.25, 0.3) is 0 Å². The highest BCUT2D eigenvalue weighted by molar-refractivity contribution is 7.98. The van der Waals surface area contributed by atoms with Crippen LogP contribution in [-0.2, 0) is 20.1 Å². The van der Waals surface area contributed by atoms with Crippen LogP contribution in [0.1, 0.15) is 24.8 Å². The number of hydrogen-bond donors (Lipinski definition) is 1. The molecule has 0 aliphatic rings. The first kappa shape index (κ1) is 14.6. The largest absolute Gasteiger partial charge is 0.481 e. The van der Waals surface area contributed by atoms with Crippen LogP contribution in [0.3, 0.4) is 0 Å². The van der Waals surface area contributed by atoms with E-state index in [1.54, 1.807) is 0 Å². The molecule has 1 rings (SSSR count). The normalized spacial score (nSPS) is 10.0. The number of carbonyl (C=O) groups is 2. The maximum atomic E-state index is 11.2. The van der Waals surface area contributed by atoms with Gasteiger partial charge < -0.3 is 9.84 Å². The first-order valence-electron chi connectivity index (χ1n) is 5.67. The molecule has 5 heteroatoms. The van der Waals surface area contributed by atoms with Crippen molar-refractivity contribution in [1.29, 1.82) is 0 Å². The van der Waals surface area contributed by atoms with Crippen LogP contribution in [0, 0.1) is 0 Å². The van der Waals surface area contributed by atoms with E-state index in [0.717, 1.165) is 5.75 Å². The Bertz CT molecular complexity index is 378. The molecule has 0 fully saturated rings. The summed E-state index contributed by atoms with van der Waals surface area (Å²) < 4.78 is 4.98. The summed E-state index contributed by atoms with van der Waals surface area (Å²) in [6.45, 7) is 0. The lowest BCUT2D eigenvalue weighted by atomic mass is 10.2. The maximum absolute atomic E-state index is 11.2. The zero-order valence-electron chi connectivity index (χ0n) is 10.0. The maximum Gasteiger partial charge on any atom is 0.306 e. The standard InChI is InChI=1S/C13H16O4S/c14-12(15)7-4-8-13(16)17-10-18-9-11-5-2-1-3-6-11/h1-3,5-6H,4,7-10H2,(H,14,15). The summed E-state index contributed by atoms with van der Waals surface area (Å²) in [5, 5.41) is 8.41. The number of ether oxygens (including phenoxy) is 1. The Kier molecular flexibility index (Phi) is 6.94. The predicted octanol–water partition coefficient (Wildman–Crippen LogP) is 2.68. The van der Waals surface area contributed by atoms with Crippen molar-refractivity contribution in [3.8, 4) is 0 Å². The van der Waals surface area contributed by atoms with Crippen LogP contribution in [-0.4, -0.2) is 23.0 Å². The summed E-state index contributed by atoms with van der Waals surface area (Å²) in [7, 11) is 0. The third kappa shape index (κ3) is 6.96. The molecule has 0 bridgehead atoms. The lowest BCUT2D eigenvalue weighted by Crippen LogP contribution is -2.05. The number of carboxylic acid groups (broad SMARTS) is 1. The second kappa shape index (κ2) is 8.58. The minimum absolute atomic E-state index is 0.00621. The van der Waals surface area contributed by atoms with Gasteiger partial charge in [-0.2, -0.15) is 0 Å². The molecule has 0 atom stereocenters. The molecule has 1 aromatic rings. The number of carboxylic acids is 1. The average Bonchev–Trinajstić information content (AvgIpc) is 2.35. The van der Waals surface area contributed by atoms with Crippen LogP contribution >= 0.6 is 11.8 Å². The molecule has 4 nitrogen and oxygen atoms in total. The smallest absolute Gasteiger partial charge is 0.306 e. The van der Waals surface area contributed by atoms with Crippen molar-refractivity contribution >= 4 is 23.7 Å². The van der Waals surface area contributed by atoms with Gasteiger partial charge in [-0.05, 0) is 12.0 Å². The Morgan fingerprint density at radius 1 is 1.17 bits per heavy atom. The second-order valence-electron chi connectivity index (χ2n) is 3.72. The molecular formula is C13H16O4S. The fourth-order valence-corrected chi connectivity index (χ4v) is 2.02. The zero-order chi connectivity index (χ0) is 13.2. The lowest BCUT2D eigenvalue weighted by molar-refractivity contribution is -0.142. The molecule has 0 unspecified atom stereocenters. The fraction of sp³-hybridized carbons (Fsp3) is 0.385. The van der Waals surface area contributed by atoms with Crippen LogP contribution in [0.15, 0.2) is 30.3 Å². The van der Waals surface area contributed by atoms with Gasteiger partial charge in [-0.25, -0.2) is 0 Å². The van der Waals surface area contributed by atoms with Crippen LogP contribution < -0.4 is 0 Å². The van der Waals surface area contributed by atoms with E-state index >= 15 is 0 Å². The predicted molar refractivity (Wildman–Crippen MR) is 70.2 cm³/mol. The van der Waals surface area contributed by atoms with Crippen LogP contribution in [0.2, 0.25) is 0 Å². The van der Waals surface area contributed by atoms with Crippen molar-refractivity contribution in [3.05, 3.63) is 35.9 Å². The van der Waals surface area contributed by atoms with Gasteiger partial charge in [0.15, 0.2) is 0 Å². The first-order valence-corrected chi connectivity index (χ1v) is 6.83. The number of hydrogen-bond acceptors (Lipinski definition) is 4. The fourth-order valence-electron chi connectivity index (χ4n) is 1.30. The van der Waals surface area contributed by atoms with E-state index in [1.807, 2.05) is 30.3 Å². The van der Waals surface area contributed by atoms with Crippen molar-refractivity contribution in [2.75, 3.05) is 5.94 Å². The van der Waals surface area contributed by atoms with E-state index in [-0.39, 0.29) is 18.8 Å². The summed E-state index contributed by atoms with van der Waals surface area (Å²) in [5.74, 6) is -0.123. The van der Waals surface area contributed by atoms with E-state index in [4.69, 9.17) is 9.84 Å². The van der Waals surface area contributed by atoms with Gasteiger partial charge in [0.05, 0.1) is 0 Å². The van der Waals surface area contributed by atoms with E-state index in [9.17, 15) is 9.59 Å². The molecule has 0 saturated heterocycles. The van der Waals surface area contributed by atoms with Crippen LogP contribution in [0.5, 0.6) is 0 Å².